The van der Waals surface area contributed by atoms with Crippen LogP contribution >= 0.6 is 0 Å². The summed E-state index contributed by atoms with van der Waals surface area (Å²) in [6.07, 6.45) is 13.9. The second-order valence-electron chi connectivity index (χ2n) is 12.3. The molecule has 0 saturated heterocycles. The number of hydrogen-bond donors (Lipinski definition) is 2. The van der Waals surface area contributed by atoms with Crippen molar-refractivity contribution in [3.05, 3.63) is 94.3 Å². The van der Waals surface area contributed by atoms with Crippen LogP contribution in [0.25, 0.3) is 11.0 Å². The molecule has 1 amide bonds. The number of rotatable bonds is 9. The van der Waals surface area contributed by atoms with Crippen molar-refractivity contribution < 1.29 is 15.1 Å². The average Bonchev–Trinajstić information content (AvgIpc) is 3.13. The van der Waals surface area contributed by atoms with Gasteiger partial charge in [0.1, 0.15) is 5.65 Å². The number of amides is 1. The molecule has 0 spiro atoms. The molecule has 4 aromatic rings. The van der Waals surface area contributed by atoms with Crippen LogP contribution in [0.1, 0.15) is 90.8 Å². The van der Waals surface area contributed by atoms with Crippen LogP contribution in [-0.2, 0) is 35.6 Å². The van der Waals surface area contributed by atoms with Gasteiger partial charge in [-0.2, -0.15) is 5.48 Å². The molecule has 2 heterocycles. The monoisotopic (exact) mass is 565 g/mol. The van der Waals surface area contributed by atoms with Gasteiger partial charge in [-0.25, -0.2) is 9.82 Å². The minimum atomic E-state index is -0.122. The molecule has 1 atom stereocenters. The molecule has 1 unspecified atom stereocenters. The Morgan fingerprint density at radius 1 is 0.952 bits per heavy atom. The SMILES string of the molecule is CO[NH2+]c1ccc(CNC(=O)C(c2ccc(Cn3c4c(c5c(C)ccnc53)CCCC4)cc2)C2CCCCCC2)cc1. The molecule has 0 aliphatic heterocycles. The van der Waals surface area contributed by atoms with Crippen molar-refractivity contribution in [2.45, 2.75) is 90.1 Å². The Morgan fingerprint density at radius 2 is 1.67 bits per heavy atom. The summed E-state index contributed by atoms with van der Waals surface area (Å²) >= 11 is 0. The number of carbonyl (C=O) groups excluding carboxylic acids is 1. The molecule has 2 aromatic carbocycles. The summed E-state index contributed by atoms with van der Waals surface area (Å²) in [5.41, 5.74) is 11.7. The minimum Gasteiger partial charge on any atom is -0.351 e. The van der Waals surface area contributed by atoms with Gasteiger partial charge in [-0.3, -0.25) is 4.79 Å². The highest BCUT2D eigenvalue weighted by Gasteiger charge is 2.30. The van der Waals surface area contributed by atoms with E-state index in [4.69, 9.17) is 9.82 Å². The third-order valence-corrected chi connectivity index (χ3v) is 9.49. The predicted octanol–water partition coefficient (Wildman–Crippen LogP) is 6.40. The first kappa shape index (κ1) is 28.6. The quantitative estimate of drug-likeness (QED) is 0.140. The van der Waals surface area contributed by atoms with Gasteiger partial charge in [0.2, 0.25) is 5.91 Å². The van der Waals surface area contributed by atoms with Crippen LogP contribution in [0.3, 0.4) is 0 Å². The van der Waals surface area contributed by atoms with Crippen LogP contribution in [0.4, 0.5) is 5.69 Å². The predicted molar refractivity (Wildman–Crippen MR) is 167 cm³/mol. The number of nitrogens with zero attached hydrogens (tertiary/aromatic N) is 2. The smallest absolute Gasteiger partial charge is 0.228 e. The third-order valence-electron chi connectivity index (χ3n) is 9.49. The maximum absolute atomic E-state index is 13.8. The second-order valence-corrected chi connectivity index (χ2v) is 12.3. The number of pyridine rings is 1. The number of carbonyl (C=O) groups is 1. The molecule has 2 aliphatic carbocycles. The fraction of sp³-hybridized carbons (Fsp3) is 0.444. The molecule has 6 nitrogen and oxygen atoms in total. The summed E-state index contributed by atoms with van der Waals surface area (Å²) in [6.45, 7) is 3.57. The van der Waals surface area contributed by atoms with Gasteiger partial charge in [0.25, 0.3) is 0 Å². The first-order chi connectivity index (χ1) is 20.6. The fourth-order valence-electron chi connectivity index (χ4n) is 7.32. The van der Waals surface area contributed by atoms with E-state index in [-0.39, 0.29) is 11.8 Å². The molecule has 1 fully saturated rings. The summed E-state index contributed by atoms with van der Waals surface area (Å²) in [7, 11) is 1.65. The average molecular weight is 566 g/mol. The molecular formula is C36H45N4O2+. The number of fused-ring (bicyclic) bond motifs is 3. The summed E-state index contributed by atoms with van der Waals surface area (Å²) in [5, 5.41) is 4.65. The standard InChI is InChI=1S/C36H44N4O2/c1-25-21-22-37-35-33(25)31-11-7-8-12-32(31)40(35)24-27-13-17-29(18-14-27)34(28-9-5-3-4-6-10-28)36(41)38-23-26-15-19-30(20-16-26)39-42-2/h13-22,28,34,39H,3-12,23-24H2,1-2H3,(H,38,41)/p+1. The molecule has 6 heteroatoms. The van der Waals surface area contributed by atoms with Gasteiger partial charge < -0.3 is 9.88 Å². The van der Waals surface area contributed by atoms with Crippen LogP contribution in [-0.4, -0.2) is 22.6 Å². The normalized spacial score (nSPS) is 16.6. The third kappa shape index (κ3) is 6.16. The van der Waals surface area contributed by atoms with Gasteiger partial charge in [0, 0.05) is 42.5 Å². The van der Waals surface area contributed by atoms with Crippen LogP contribution in [0, 0.1) is 12.8 Å². The number of aryl methyl sites for hydroxylation is 2. The summed E-state index contributed by atoms with van der Waals surface area (Å²) in [6, 6.07) is 19.2. The number of hydrogen-bond acceptors (Lipinski definition) is 3. The van der Waals surface area contributed by atoms with Crippen molar-refractivity contribution in [2.75, 3.05) is 7.11 Å². The topological polar surface area (TPSA) is 72.8 Å². The zero-order valence-electron chi connectivity index (χ0n) is 25.2. The van der Waals surface area contributed by atoms with Crippen LogP contribution in [0.15, 0.2) is 60.8 Å². The summed E-state index contributed by atoms with van der Waals surface area (Å²) in [4.78, 5) is 23.8. The number of quaternary nitrogens is 1. The van der Waals surface area contributed by atoms with E-state index in [9.17, 15) is 4.79 Å². The highest BCUT2D eigenvalue weighted by molar-refractivity contribution is 5.86. The van der Waals surface area contributed by atoms with Crippen molar-refractivity contribution in [2.24, 2.45) is 5.92 Å². The zero-order chi connectivity index (χ0) is 28.9. The molecule has 1 saturated carbocycles. The van der Waals surface area contributed by atoms with Gasteiger partial charge >= 0.3 is 0 Å². The van der Waals surface area contributed by atoms with Gasteiger partial charge in [-0.1, -0.05) is 62.1 Å². The Morgan fingerprint density at radius 3 is 2.40 bits per heavy atom. The summed E-state index contributed by atoms with van der Waals surface area (Å²) in [5.74, 6) is 0.402. The highest BCUT2D eigenvalue weighted by atomic mass is 16.6. The van der Waals surface area contributed by atoms with Crippen molar-refractivity contribution in [1.82, 2.24) is 14.9 Å². The molecule has 2 aromatic heterocycles. The maximum atomic E-state index is 13.8. The number of benzene rings is 2. The Kier molecular flexibility index (Phi) is 9.01. The Labute approximate surface area is 249 Å². The Balaban J connectivity index is 1.23. The summed E-state index contributed by atoms with van der Waals surface area (Å²) < 4.78 is 2.46. The van der Waals surface area contributed by atoms with Crippen LogP contribution in [0.5, 0.6) is 0 Å². The molecule has 42 heavy (non-hydrogen) atoms. The van der Waals surface area contributed by atoms with Crippen molar-refractivity contribution in [3.8, 4) is 0 Å². The lowest BCUT2D eigenvalue weighted by Gasteiger charge is -2.26. The van der Waals surface area contributed by atoms with Crippen LogP contribution < -0.4 is 10.8 Å². The van der Waals surface area contributed by atoms with Crippen molar-refractivity contribution in [1.29, 1.82) is 0 Å². The van der Waals surface area contributed by atoms with E-state index in [1.165, 1.54) is 66.3 Å². The van der Waals surface area contributed by atoms with Gasteiger partial charge in [-0.15, -0.1) is 0 Å². The largest absolute Gasteiger partial charge is 0.351 e. The number of aromatic nitrogens is 2. The molecule has 3 N–H and O–H groups in total. The zero-order valence-corrected chi connectivity index (χ0v) is 25.2. The molecule has 6 rings (SSSR count). The van der Waals surface area contributed by atoms with Crippen molar-refractivity contribution in [3.63, 3.8) is 0 Å². The van der Waals surface area contributed by atoms with Crippen molar-refractivity contribution >= 4 is 22.6 Å². The molecule has 2 aliphatic rings. The van der Waals surface area contributed by atoms with E-state index in [1.807, 2.05) is 18.3 Å². The molecule has 0 radical (unpaired) electrons. The lowest BCUT2D eigenvalue weighted by Crippen LogP contribution is -2.75. The van der Waals surface area contributed by atoms with E-state index >= 15 is 0 Å². The van der Waals surface area contributed by atoms with E-state index < -0.39 is 0 Å². The van der Waals surface area contributed by atoms with E-state index in [0.717, 1.165) is 54.7 Å². The fourth-order valence-corrected chi connectivity index (χ4v) is 7.32. The maximum Gasteiger partial charge on any atom is 0.228 e. The number of nitrogens with two attached hydrogens (primary N) is 1. The van der Waals surface area contributed by atoms with Gasteiger partial charge in [-0.05, 0) is 85.3 Å². The van der Waals surface area contributed by atoms with Crippen LogP contribution in [0.2, 0.25) is 0 Å². The second kappa shape index (κ2) is 13.2. The van der Waals surface area contributed by atoms with Gasteiger partial charge in [0.15, 0.2) is 5.69 Å². The Hall–Kier alpha value is -3.48. The molecular weight excluding hydrogens is 520 g/mol. The van der Waals surface area contributed by atoms with E-state index in [1.54, 1.807) is 12.6 Å². The molecule has 0 bridgehead atoms. The first-order valence-electron chi connectivity index (χ1n) is 15.9. The highest BCUT2D eigenvalue weighted by Crippen LogP contribution is 2.37. The van der Waals surface area contributed by atoms with E-state index in [2.05, 4.69) is 59.3 Å². The Bertz CT molecular complexity index is 1500. The molecule has 220 valence electrons. The van der Waals surface area contributed by atoms with E-state index in [0.29, 0.717) is 12.5 Å². The van der Waals surface area contributed by atoms with Gasteiger partial charge in [0.05, 0.1) is 13.0 Å². The number of nitrogens with one attached hydrogen (secondary N) is 1. The lowest BCUT2D eigenvalue weighted by molar-refractivity contribution is -0.830. The lowest BCUT2D eigenvalue weighted by atomic mass is 9.80. The minimum absolute atomic E-state index is 0.122. The first-order valence-corrected chi connectivity index (χ1v) is 15.9.